The van der Waals surface area contributed by atoms with Crippen molar-refractivity contribution in [3.63, 3.8) is 0 Å². The molecule has 1 aromatic carbocycles. The monoisotopic (exact) mass is 330 g/mol. The van der Waals surface area contributed by atoms with Crippen LogP contribution in [0.3, 0.4) is 0 Å². The molecule has 2 nitrogen and oxygen atoms in total. The van der Waals surface area contributed by atoms with Crippen molar-refractivity contribution in [3.05, 3.63) is 25.6 Å². The van der Waals surface area contributed by atoms with Crippen molar-refractivity contribution in [3.8, 4) is 5.75 Å². The number of carbonyl (C=O) groups is 1. The lowest BCUT2D eigenvalue weighted by Gasteiger charge is -2.10. The molecule has 0 N–H and O–H groups in total. The molecule has 0 saturated heterocycles. The van der Waals surface area contributed by atoms with Gasteiger partial charge in [0.25, 0.3) is 0 Å². The number of hydrogen-bond acceptors (Lipinski definition) is 2. The van der Waals surface area contributed by atoms with Gasteiger partial charge >= 0.3 is 0 Å². The average molecular weight is 332 g/mol. The first kappa shape index (κ1) is 9.85. The highest BCUT2D eigenvalue weighted by molar-refractivity contribution is 9.13. The first-order valence-electron chi connectivity index (χ1n) is 4.89. The molecular weight excluding hydrogens is 324 g/mol. The number of ketones is 1. The number of Topliss-reactive ketones (excluding diaryl/α,β-unsaturated/α-hetero) is 1. The van der Waals surface area contributed by atoms with Gasteiger partial charge < -0.3 is 4.74 Å². The molecule has 0 bridgehead atoms. The molecule has 0 amide bonds. The molecule has 2 aliphatic rings. The Morgan fingerprint density at radius 3 is 2.60 bits per heavy atom. The number of rotatable bonds is 0. The maximum absolute atomic E-state index is 11.8. The van der Waals surface area contributed by atoms with Crippen LogP contribution in [0.5, 0.6) is 5.75 Å². The lowest BCUT2D eigenvalue weighted by molar-refractivity contribution is 0.0994. The summed E-state index contributed by atoms with van der Waals surface area (Å²) in [6, 6.07) is 0. The first-order chi connectivity index (χ1) is 7.20. The summed E-state index contributed by atoms with van der Waals surface area (Å²) < 4.78 is 7.51. The number of hydrogen-bond donors (Lipinski definition) is 0. The Kier molecular flexibility index (Phi) is 2.18. The first-order valence-corrected chi connectivity index (χ1v) is 6.47. The fourth-order valence-electron chi connectivity index (χ4n) is 2.35. The molecule has 0 unspecified atom stereocenters. The molecular formula is C11H8Br2O2. The molecule has 0 atom stereocenters. The van der Waals surface area contributed by atoms with Gasteiger partial charge in [0, 0.05) is 28.4 Å². The van der Waals surface area contributed by atoms with Gasteiger partial charge in [-0.2, -0.15) is 0 Å². The van der Waals surface area contributed by atoms with Crippen LogP contribution in [0.1, 0.15) is 27.9 Å². The van der Waals surface area contributed by atoms with Crippen LogP contribution in [-0.4, -0.2) is 12.4 Å². The Morgan fingerprint density at radius 2 is 1.80 bits per heavy atom. The van der Waals surface area contributed by atoms with Crippen molar-refractivity contribution < 1.29 is 9.53 Å². The number of halogens is 2. The van der Waals surface area contributed by atoms with Crippen LogP contribution in [0.2, 0.25) is 0 Å². The van der Waals surface area contributed by atoms with Gasteiger partial charge in [-0.05, 0) is 43.8 Å². The van der Waals surface area contributed by atoms with E-state index in [9.17, 15) is 4.79 Å². The van der Waals surface area contributed by atoms with Crippen LogP contribution in [-0.2, 0) is 12.8 Å². The van der Waals surface area contributed by atoms with Gasteiger partial charge in [0.1, 0.15) is 5.75 Å². The van der Waals surface area contributed by atoms with E-state index in [-0.39, 0.29) is 5.78 Å². The highest BCUT2D eigenvalue weighted by Gasteiger charge is 2.32. The van der Waals surface area contributed by atoms with E-state index in [0.717, 1.165) is 44.2 Å². The highest BCUT2D eigenvalue weighted by Crippen LogP contribution is 2.46. The van der Waals surface area contributed by atoms with E-state index in [1.54, 1.807) is 0 Å². The third kappa shape index (κ3) is 1.24. The molecule has 0 saturated carbocycles. The van der Waals surface area contributed by atoms with Crippen molar-refractivity contribution in [2.75, 3.05) is 6.61 Å². The molecule has 0 fully saturated rings. The highest BCUT2D eigenvalue weighted by atomic mass is 79.9. The second kappa shape index (κ2) is 3.32. The Bertz CT molecular complexity index is 480. The average Bonchev–Trinajstić information content (AvgIpc) is 2.80. The van der Waals surface area contributed by atoms with Crippen LogP contribution < -0.4 is 4.74 Å². The number of fused-ring (bicyclic) bond motifs is 3. The third-order valence-corrected chi connectivity index (χ3v) is 5.18. The van der Waals surface area contributed by atoms with Crippen molar-refractivity contribution in [2.24, 2.45) is 0 Å². The summed E-state index contributed by atoms with van der Waals surface area (Å²) in [5.74, 6) is 1.12. The summed E-state index contributed by atoms with van der Waals surface area (Å²) in [4.78, 5) is 11.8. The quantitative estimate of drug-likeness (QED) is 0.729. The largest absolute Gasteiger partial charge is 0.492 e. The predicted octanol–water partition coefficient (Wildman–Crippen LogP) is 3.28. The van der Waals surface area contributed by atoms with Gasteiger partial charge in [-0.25, -0.2) is 0 Å². The van der Waals surface area contributed by atoms with Gasteiger partial charge in [-0.3, -0.25) is 4.79 Å². The lowest BCUT2D eigenvalue weighted by atomic mass is 10.0. The van der Waals surface area contributed by atoms with Crippen LogP contribution in [0.4, 0.5) is 0 Å². The molecule has 0 aromatic heterocycles. The standard InChI is InChI=1S/C11H8Br2O2/c12-9-5-1-2-7(14)8(5)6-3-4-15-11(6)10(9)13/h1-4H2. The third-order valence-electron chi connectivity index (χ3n) is 3.01. The maximum Gasteiger partial charge on any atom is 0.163 e. The summed E-state index contributed by atoms with van der Waals surface area (Å²) in [7, 11) is 0. The van der Waals surface area contributed by atoms with Gasteiger partial charge in [0.15, 0.2) is 5.78 Å². The minimum atomic E-state index is 0.264. The normalized spacial score (nSPS) is 17.6. The second-order valence-corrected chi connectivity index (χ2v) is 5.40. The molecule has 0 radical (unpaired) electrons. The van der Waals surface area contributed by atoms with Crippen LogP contribution in [0.15, 0.2) is 8.95 Å². The molecule has 78 valence electrons. The van der Waals surface area contributed by atoms with Crippen molar-refractivity contribution in [2.45, 2.75) is 19.3 Å². The molecule has 1 aliphatic heterocycles. The van der Waals surface area contributed by atoms with Crippen molar-refractivity contribution in [1.82, 2.24) is 0 Å². The molecule has 1 aliphatic carbocycles. The number of benzene rings is 1. The van der Waals surface area contributed by atoms with Crippen LogP contribution in [0, 0.1) is 0 Å². The smallest absolute Gasteiger partial charge is 0.163 e. The van der Waals surface area contributed by atoms with Crippen LogP contribution in [0.25, 0.3) is 0 Å². The summed E-state index contributed by atoms with van der Waals surface area (Å²) in [5.41, 5.74) is 3.16. The summed E-state index contributed by atoms with van der Waals surface area (Å²) >= 11 is 7.05. The Morgan fingerprint density at radius 1 is 1.00 bits per heavy atom. The van der Waals surface area contributed by atoms with E-state index >= 15 is 0 Å². The molecule has 0 spiro atoms. The number of carbonyl (C=O) groups excluding carboxylic acids is 1. The fraction of sp³-hybridized carbons (Fsp3) is 0.364. The predicted molar refractivity (Wildman–Crippen MR) is 63.7 cm³/mol. The lowest BCUT2D eigenvalue weighted by Crippen LogP contribution is -1.98. The molecule has 15 heavy (non-hydrogen) atoms. The zero-order chi connectivity index (χ0) is 10.6. The van der Waals surface area contributed by atoms with E-state index in [1.807, 2.05) is 0 Å². The van der Waals surface area contributed by atoms with Crippen molar-refractivity contribution in [1.29, 1.82) is 0 Å². The van der Waals surface area contributed by atoms with Crippen LogP contribution >= 0.6 is 31.9 Å². The Labute approximate surface area is 104 Å². The summed E-state index contributed by atoms with van der Waals surface area (Å²) in [5, 5.41) is 0. The minimum Gasteiger partial charge on any atom is -0.492 e. The topological polar surface area (TPSA) is 26.3 Å². The van der Waals surface area contributed by atoms with Gasteiger partial charge in [0.05, 0.1) is 11.1 Å². The summed E-state index contributed by atoms with van der Waals surface area (Å²) in [6.07, 6.45) is 2.34. The SMILES string of the molecule is O=C1CCc2c(Br)c(Br)c3c(c21)CCO3. The van der Waals surface area contributed by atoms with E-state index in [2.05, 4.69) is 31.9 Å². The molecule has 1 heterocycles. The molecule has 4 heteroatoms. The van der Waals surface area contributed by atoms with E-state index in [0.29, 0.717) is 13.0 Å². The second-order valence-electron chi connectivity index (χ2n) is 3.81. The van der Waals surface area contributed by atoms with Gasteiger partial charge in [-0.15, -0.1) is 0 Å². The zero-order valence-electron chi connectivity index (χ0n) is 7.90. The molecule has 1 aromatic rings. The van der Waals surface area contributed by atoms with Gasteiger partial charge in [0.2, 0.25) is 0 Å². The Balaban J connectivity index is 2.39. The van der Waals surface area contributed by atoms with E-state index < -0.39 is 0 Å². The van der Waals surface area contributed by atoms with E-state index in [1.165, 1.54) is 0 Å². The van der Waals surface area contributed by atoms with Crippen molar-refractivity contribution >= 4 is 37.6 Å². The molecule has 3 rings (SSSR count). The summed E-state index contributed by atoms with van der Waals surface area (Å²) in [6.45, 7) is 0.685. The fourth-order valence-corrected chi connectivity index (χ4v) is 3.52. The maximum atomic E-state index is 11.8. The number of ether oxygens (including phenoxy) is 1. The minimum absolute atomic E-state index is 0.264. The van der Waals surface area contributed by atoms with Gasteiger partial charge in [-0.1, -0.05) is 0 Å². The van der Waals surface area contributed by atoms with E-state index in [4.69, 9.17) is 4.74 Å². The Hall–Kier alpha value is -0.350. The zero-order valence-corrected chi connectivity index (χ0v) is 11.1.